The lowest BCUT2D eigenvalue weighted by Gasteiger charge is -2.11. The van der Waals surface area contributed by atoms with E-state index in [1.165, 1.54) is 17.7 Å². The quantitative estimate of drug-likeness (QED) is 0.922. The summed E-state index contributed by atoms with van der Waals surface area (Å²) in [5.41, 5.74) is 3.63. The molecule has 1 aromatic rings. The van der Waals surface area contributed by atoms with E-state index >= 15 is 0 Å². The maximum absolute atomic E-state index is 4.59. The number of nitrogens with zero attached hydrogens (tertiary/aromatic N) is 3. The van der Waals surface area contributed by atoms with Crippen molar-refractivity contribution in [2.24, 2.45) is 18.0 Å². The van der Waals surface area contributed by atoms with Crippen molar-refractivity contribution in [2.75, 3.05) is 6.54 Å². The van der Waals surface area contributed by atoms with E-state index in [4.69, 9.17) is 0 Å². The minimum absolute atomic E-state index is 0.651. The highest BCUT2D eigenvalue weighted by Gasteiger charge is 2.20. The molecule has 0 amide bonds. The van der Waals surface area contributed by atoms with Gasteiger partial charge in [-0.25, -0.2) is 0 Å². The van der Waals surface area contributed by atoms with Crippen LogP contribution in [-0.4, -0.2) is 26.7 Å². The molecule has 5 heteroatoms. The minimum Gasteiger partial charge on any atom is -0.361 e. The van der Waals surface area contributed by atoms with Crippen LogP contribution in [0.5, 0.6) is 0 Å². The fourth-order valence-corrected chi connectivity index (χ4v) is 3.65. The van der Waals surface area contributed by atoms with Crippen LogP contribution in [0.25, 0.3) is 0 Å². The first-order chi connectivity index (χ1) is 8.97. The molecule has 0 fully saturated rings. The molecule has 1 N–H and O–H groups in total. The Morgan fingerprint density at radius 2 is 2.16 bits per heavy atom. The van der Waals surface area contributed by atoms with Crippen LogP contribution in [0.15, 0.2) is 4.99 Å². The van der Waals surface area contributed by atoms with Gasteiger partial charge in [0.1, 0.15) is 0 Å². The van der Waals surface area contributed by atoms with E-state index in [0.717, 1.165) is 29.9 Å². The zero-order valence-electron chi connectivity index (χ0n) is 12.5. The van der Waals surface area contributed by atoms with E-state index < -0.39 is 0 Å². The molecule has 2 heterocycles. The molecule has 1 atom stereocenters. The molecule has 0 radical (unpaired) electrons. The Hall–Kier alpha value is -0.970. The highest BCUT2D eigenvalue weighted by atomic mass is 32.2. The largest absolute Gasteiger partial charge is 0.361 e. The van der Waals surface area contributed by atoms with Crippen molar-refractivity contribution in [1.82, 2.24) is 15.1 Å². The van der Waals surface area contributed by atoms with Crippen LogP contribution in [0.2, 0.25) is 0 Å². The Morgan fingerprint density at radius 3 is 2.74 bits per heavy atom. The Balaban J connectivity index is 1.87. The van der Waals surface area contributed by atoms with E-state index in [-0.39, 0.29) is 0 Å². The molecule has 4 nitrogen and oxygen atoms in total. The molecule has 0 aromatic carbocycles. The number of rotatable bonds is 4. The molecule has 19 heavy (non-hydrogen) atoms. The van der Waals surface area contributed by atoms with Crippen LogP contribution in [0.1, 0.15) is 37.2 Å². The molecule has 0 saturated heterocycles. The fourth-order valence-electron chi connectivity index (χ4n) is 2.40. The Kier molecular flexibility index (Phi) is 4.55. The molecular formula is C14H24N4S. The second-order valence-corrected chi connectivity index (χ2v) is 6.93. The van der Waals surface area contributed by atoms with Crippen molar-refractivity contribution in [3.63, 3.8) is 0 Å². The summed E-state index contributed by atoms with van der Waals surface area (Å²) < 4.78 is 1.94. The van der Waals surface area contributed by atoms with Gasteiger partial charge < -0.3 is 5.32 Å². The van der Waals surface area contributed by atoms with Crippen molar-refractivity contribution in [3.05, 3.63) is 17.0 Å². The van der Waals surface area contributed by atoms with E-state index in [0.29, 0.717) is 5.25 Å². The van der Waals surface area contributed by atoms with E-state index in [9.17, 15) is 0 Å². The van der Waals surface area contributed by atoms with Crippen molar-refractivity contribution < 1.29 is 0 Å². The molecule has 0 saturated carbocycles. The number of thioether (sulfide) groups is 1. The number of nitrogens with one attached hydrogen (secondary N) is 1. The van der Waals surface area contributed by atoms with Crippen molar-refractivity contribution in [1.29, 1.82) is 0 Å². The van der Waals surface area contributed by atoms with Crippen LogP contribution < -0.4 is 5.32 Å². The van der Waals surface area contributed by atoms with Crippen LogP contribution in [0.3, 0.4) is 0 Å². The average Bonchev–Trinajstić information content (AvgIpc) is 2.84. The average molecular weight is 280 g/mol. The second-order valence-electron chi connectivity index (χ2n) is 5.64. The summed E-state index contributed by atoms with van der Waals surface area (Å²) in [6.45, 7) is 10.5. The van der Waals surface area contributed by atoms with Gasteiger partial charge >= 0.3 is 0 Å². The summed E-state index contributed by atoms with van der Waals surface area (Å²) in [5, 5.41) is 9.64. The zero-order chi connectivity index (χ0) is 14.0. The number of aliphatic imine (C=N–C) groups is 1. The van der Waals surface area contributed by atoms with Gasteiger partial charge in [0.15, 0.2) is 5.17 Å². The van der Waals surface area contributed by atoms with Crippen LogP contribution in [0, 0.1) is 19.8 Å². The summed E-state index contributed by atoms with van der Waals surface area (Å²) >= 11 is 1.89. The molecule has 0 aliphatic carbocycles. The number of aromatic nitrogens is 2. The normalized spacial score (nSPS) is 19.1. The molecule has 1 aliphatic heterocycles. The van der Waals surface area contributed by atoms with Gasteiger partial charge in [0, 0.05) is 30.1 Å². The van der Waals surface area contributed by atoms with Crippen molar-refractivity contribution >= 4 is 16.9 Å². The number of aryl methyl sites for hydroxylation is 2. The Labute approximate surface area is 120 Å². The third kappa shape index (κ3) is 3.53. The van der Waals surface area contributed by atoms with Gasteiger partial charge in [-0.3, -0.25) is 9.67 Å². The minimum atomic E-state index is 0.651. The lowest BCUT2D eigenvalue weighted by atomic mass is 10.1. The second kappa shape index (κ2) is 5.99. The summed E-state index contributed by atoms with van der Waals surface area (Å²) in [4.78, 5) is 4.59. The summed E-state index contributed by atoms with van der Waals surface area (Å²) in [6, 6.07) is 0. The number of amidine groups is 1. The van der Waals surface area contributed by atoms with Crippen LogP contribution in [-0.2, 0) is 13.6 Å². The molecule has 0 bridgehead atoms. The predicted octanol–water partition coefficient (Wildman–Crippen LogP) is 2.64. The Morgan fingerprint density at radius 1 is 1.42 bits per heavy atom. The molecule has 1 aliphatic rings. The highest BCUT2D eigenvalue weighted by Crippen LogP contribution is 2.25. The maximum Gasteiger partial charge on any atom is 0.157 e. The van der Waals surface area contributed by atoms with Gasteiger partial charge in [-0.2, -0.15) is 5.10 Å². The standard InChI is InChI=1S/C14H24N4S/c1-9(2)6-12-7-15-14(19-12)16-8-13-10(3)17-18(5)11(13)4/h9,12H,6-8H2,1-5H3,(H,15,16). The number of hydrogen-bond donors (Lipinski definition) is 1. The lowest BCUT2D eigenvalue weighted by molar-refractivity contribution is 0.575. The van der Waals surface area contributed by atoms with Crippen molar-refractivity contribution in [2.45, 2.75) is 45.9 Å². The first-order valence-electron chi connectivity index (χ1n) is 6.91. The number of hydrogen-bond acceptors (Lipinski definition) is 4. The SMILES string of the molecule is Cc1nn(C)c(C)c1CNC1=NCC(CC(C)C)S1. The summed E-state index contributed by atoms with van der Waals surface area (Å²) in [6.07, 6.45) is 1.24. The predicted molar refractivity (Wildman–Crippen MR) is 82.7 cm³/mol. The molecule has 0 spiro atoms. The van der Waals surface area contributed by atoms with E-state index in [2.05, 4.69) is 43.1 Å². The molecule has 1 unspecified atom stereocenters. The van der Waals surface area contributed by atoms with Gasteiger partial charge in [-0.05, 0) is 26.2 Å². The Bertz CT molecular complexity index is 476. The van der Waals surface area contributed by atoms with Crippen LogP contribution in [0.4, 0.5) is 0 Å². The summed E-state index contributed by atoms with van der Waals surface area (Å²) in [7, 11) is 1.99. The van der Waals surface area contributed by atoms with Crippen LogP contribution >= 0.6 is 11.8 Å². The van der Waals surface area contributed by atoms with E-state index in [1.807, 2.05) is 23.5 Å². The molecule has 2 rings (SSSR count). The third-order valence-corrected chi connectivity index (χ3v) is 4.70. The van der Waals surface area contributed by atoms with Gasteiger partial charge in [0.2, 0.25) is 0 Å². The van der Waals surface area contributed by atoms with Gasteiger partial charge in [0.25, 0.3) is 0 Å². The summed E-state index contributed by atoms with van der Waals surface area (Å²) in [5.74, 6) is 0.745. The van der Waals surface area contributed by atoms with Gasteiger partial charge in [-0.1, -0.05) is 25.6 Å². The monoisotopic (exact) mass is 280 g/mol. The third-order valence-electron chi connectivity index (χ3n) is 3.53. The molecular weight excluding hydrogens is 256 g/mol. The van der Waals surface area contributed by atoms with Crippen molar-refractivity contribution in [3.8, 4) is 0 Å². The topological polar surface area (TPSA) is 42.2 Å². The fraction of sp³-hybridized carbons (Fsp3) is 0.714. The molecule has 1 aromatic heterocycles. The lowest BCUT2D eigenvalue weighted by Crippen LogP contribution is -2.20. The zero-order valence-corrected chi connectivity index (χ0v) is 13.3. The van der Waals surface area contributed by atoms with Gasteiger partial charge in [-0.15, -0.1) is 0 Å². The maximum atomic E-state index is 4.59. The smallest absolute Gasteiger partial charge is 0.157 e. The molecule has 106 valence electrons. The highest BCUT2D eigenvalue weighted by molar-refractivity contribution is 8.14. The van der Waals surface area contributed by atoms with E-state index in [1.54, 1.807) is 0 Å². The van der Waals surface area contributed by atoms with Gasteiger partial charge in [0.05, 0.1) is 12.2 Å². The first kappa shape index (κ1) is 14.4. The first-order valence-corrected chi connectivity index (χ1v) is 7.79.